The van der Waals surface area contributed by atoms with Crippen LogP contribution in [0.15, 0.2) is 36.5 Å². The number of carbonyl (C=O) groups is 1. The number of rotatable bonds is 7. The Kier molecular flexibility index (Phi) is 6.32. The third-order valence-corrected chi connectivity index (χ3v) is 9.88. The Bertz CT molecular complexity index is 1770. The molecule has 1 atom stereocenters. The van der Waals surface area contributed by atoms with E-state index in [1.165, 1.54) is 23.4 Å². The van der Waals surface area contributed by atoms with E-state index in [4.69, 9.17) is 20.4 Å². The lowest BCUT2D eigenvalue weighted by Gasteiger charge is -2.39. The van der Waals surface area contributed by atoms with Gasteiger partial charge in [-0.1, -0.05) is 0 Å². The average Bonchev–Trinajstić information content (AvgIpc) is 3.56. The second kappa shape index (κ2) is 9.81. The standard InChI is InChI=1S/C29H35N7O4S/c1-40-25-13-20(29(37)33-10-4-6-21(30)15-33)11-23-26(25)36(22-16-34(17-22)41(2,38)39)28(32-23)24-12-19-5-3-9-31-27(19)35(24)14-18-7-8-18/h3,5,9,11-13,18,21-22H,4,6-8,10,14-17,30H2,1-2H3/t21-/m1/s1. The number of imidazole rings is 1. The van der Waals surface area contributed by atoms with Gasteiger partial charge in [0.2, 0.25) is 10.0 Å². The minimum atomic E-state index is -3.32. The maximum Gasteiger partial charge on any atom is 0.254 e. The Morgan fingerprint density at radius 3 is 2.66 bits per heavy atom. The molecule has 7 rings (SSSR count). The molecule has 0 radical (unpaired) electrons. The molecule has 0 bridgehead atoms. The molecule has 1 amide bonds. The summed E-state index contributed by atoms with van der Waals surface area (Å²) >= 11 is 0. The van der Waals surface area contributed by atoms with Crippen LogP contribution < -0.4 is 10.5 Å². The number of piperidine rings is 1. The van der Waals surface area contributed by atoms with Gasteiger partial charge in [0.15, 0.2) is 5.82 Å². The van der Waals surface area contributed by atoms with Crippen molar-refractivity contribution in [1.29, 1.82) is 0 Å². The van der Waals surface area contributed by atoms with Gasteiger partial charge in [0.05, 0.1) is 30.6 Å². The van der Waals surface area contributed by atoms with Crippen molar-refractivity contribution < 1.29 is 17.9 Å². The number of hydrogen-bond donors (Lipinski definition) is 1. The lowest BCUT2D eigenvalue weighted by Crippen LogP contribution is -2.50. The summed E-state index contributed by atoms with van der Waals surface area (Å²) in [7, 11) is -1.72. The first-order chi connectivity index (χ1) is 19.7. The quantitative estimate of drug-likeness (QED) is 0.358. The number of ether oxygens (including phenoxy) is 1. The number of carbonyl (C=O) groups excluding carboxylic acids is 1. The highest BCUT2D eigenvalue weighted by Crippen LogP contribution is 2.41. The predicted molar refractivity (Wildman–Crippen MR) is 156 cm³/mol. The van der Waals surface area contributed by atoms with Gasteiger partial charge in [0, 0.05) is 55.9 Å². The number of sulfonamides is 1. The van der Waals surface area contributed by atoms with Gasteiger partial charge in [-0.2, -0.15) is 4.31 Å². The van der Waals surface area contributed by atoms with Crippen LogP contribution in [0, 0.1) is 5.92 Å². The fourth-order valence-electron chi connectivity index (χ4n) is 6.25. The first-order valence-electron chi connectivity index (χ1n) is 14.3. The Labute approximate surface area is 238 Å². The van der Waals surface area contributed by atoms with Crippen molar-refractivity contribution in [3.8, 4) is 17.3 Å². The third kappa shape index (κ3) is 4.67. The van der Waals surface area contributed by atoms with Crippen molar-refractivity contribution in [1.82, 2.24) is 28.3 Å². The van der Waals surface area contributed by atoms with Crippen molar-refractivity contribution >= 4 is 38.0 Å². The molecule has 11 nitrogen and oxygen atoms in total. The van der Waals surface area contributed by atoms with Crippen LogP contribution in [0.3, 0.4) is 0 Å². The number of nitrogens with two attached hydrogens (primary N) is 1. The highest BCUT2D eigenvalue weighted by molar-refractivity contribution is 7.88. The first kappa shape index (κ1) is 26.4. The number of hydrogen-bond acceptors (Lipinski definition) is 7. The van der Waals surface area contributed by atoms with Crippen molar-refractivity contribution in [2.75, 3.05) is 39.5 Å². The molecule has 3 aliphatic rings. The zero-order chi connectivity index (χ0) is 28.5. The van der Waals surface area contributed by atoms with Gasteiger partial charge < -0.3 is 24.5 Å². The van der Waals surface area contributed by atoms with E-state index in [1.54, 1.807) is 13.2 Å². The fourth-order valence-corrected chi connectivity index (χ4v) is 7.14. The Balaban J connectivity index is 1.40. The van der Waals surface area contributed by atoms with Crippen LogP contribution in [0.5, 0.6) is 5.75 Å². The maximum absolute atomic E-state index is 13.6. The number of nitrogens with zero attached hydrogens (tertiary/aromatic N) is 6. The molecule has 2 N–H and O–H groups in total. The molecule has 1 aliphatic carbocycles. The molecule has 0 unspecified atom stereocenters. The zero-order valence-corrected chi connectivity index (χ0v) is 24.2. The molecule has 216 valence electrons. The lowest BCUT2D eigenvalue weighted by molar-refractivity contribution is 0.0708. The minimum absolute atomic E-state index is 0.0254. The summed E-state index contributed by atoms with van der Waals surface area (Å²) in [6.07, 6.45) is 7.21. The number of benzene rings is 1. The molecule has 2 saturated heterocycles. The monoisotopic (exact) mass is 577 g/mol. The molecule has 3 aromatic heterocycles. The van der Waals surface area contributed by atoms with Crippen LogP contribution in [0.1, 0.15) is 42.1 Å². The Morgan fingerprint density at radius 2 is 1.95 bits per heavy atom. The smallest absolute Gasteiger partial charge is 0.254 e. The molecule has 1 saturated carbocycles. The summed E-state index contributed by atoms with van der Waals surface area (Å²) in [5.74, 6) is 1.77. The highest BCUT2D eigenvalue weighted by Gasteiger charge is 2.38. The first-order valence-corrected chi connectivity index (χ1v) is 16.1. The summed E-state index contributed by atoms with van der Waals surface area (Å²) in [5, 5.41) is 1.03. The average molecular weight is 578 g/mol. The predicted octanol–water partition coefficient (Wildman–Crippen LogP) is 2.85. The van der Waals surface area contributed by atoms with Crippen LogP contribution in [-0.2, 0) is 16.6 Å². The molecule has 12 heteroatoms. The normalized spacial score (nSPS) is 20.6. The SMILES string of the molecule is COc1cc(C(=O)N2CCC[C@@H](N)C2)cc2nc(-c3cc4cccnc4n3CC3CC3)n(C3CN(S(C)(=O)=O)C3)c12. The van der Waals surface area contributed by atoms with E-state index in [0.717, 1.165) is 47.5 Å². The molecule has 2 aliphatic heterocycles. The number of likely N-dealkylation sites (tertiary alicyclic amines) is 1. The van der Waals surface area contributed by atoms with Gasteiger partial charge in [-0.3, -0.25) is 4.79 Å². The van der Waals surface area contributed by atoms with Crippen molar-refractivity contribution in [2.24, 2.45) is 11.7 Å². The Morgan fingerprint density at radius 1 is 1.15 bits per heavy atom. The van der Waals surface area contributed by atoms with Crippen LogP contribution >= 0.6 is 0 Å². The van der Waals surface area contributed by atoms with E-state index in [-0.39, 0.29) is 18.0 Å². The van der Waals surface area contributed by atoms with Gasteiger partial charge in [0.25, 0.3) is 5.91 Å². The van der Waals surface area contributed by atoms with Gasteiger partial charge in [-0.05, 0) is 61.9 Å². The van der Waals surface area contributed by atoms with Crippen molar-refractivity contribution in [2.45, 2.75) is 44.3 Å². The summed E-state index contributed by atoms with van der Waals surface area (Å²) in [5.41, 5.74) is 9.90. The fraction of sp³-hybridized carbons (Fsp3) is 0.483. The van der Waals surface area contributed by atoms with Crippen molar-refractivity contribution in [3.05, 3.63) is 42.1 Å². The summed E-state index contributed by atoms with van der Waals surface area (Å²) < 4.78 is 36.3. The van der Waals surface area contributed by atoms with E-state index in [9.17, 15) is 13.2 Å². The molecule has 41 heavy (non-hydrogen) atoms. The molecule has 3 fully saturated rings. The van der Waals surface area contributed by atoms with Crippen LogP contribution in [0.4, 0.5) is 0 Å². The minimum Gasteiger partial charge on any atom is -0.494 e. The van der Waals surface area contributed by atoms with E-state index < -0.39 is 10.0 Å². The number of fused-ring (bicyclic) bond motifs is 2. The highest BCUT2D eigenvalue weighted by atomic mass is 32.2. The van der Waals surface area contributed by atoms with E-state index in [2.05, 4.69) is 21.3 Å². The molecule has 0 spiro atoms. The van der Waals surface area contributed by atoms with E-state index >= 15 is 0 Å². The number of amides is 1. The van der Waals surface area contributed by atoms with Gasteiger partial charge >= 0.3 is 0 Å². The van der Waals surface area contributed by atoms with Crippen LogP contribution in [-0.4, -0.2) is 88.2 Å². The maximum atomic E-state index is 13.6. The summed E-state index contributed by atoms with van der Waals surface area (Å²) in [6, 6.07) is 9.55. The second-order valence-corrected chi connectivity index (χ2v) is 13.7. The van der Waals surface area contributed by atoms with Crippen molar-refractivity contribution in [3.63, 3.8) is 0 Å². The van der Waals surface area contributed by atoms with E-state index in [1.807, 2.05) is 23.2 Å². The zero-order valence-electron chi connectivity index (χ0n) is 23.4. The summed E-state index contributed by atoms with van der Waals surface area (Å²) in [4.78, 5) is 25.2. The molecule has 4 aromatic rings. The molecular formula is C29H35N7O4S. The molecule has 1 aromatic carbocycles. The molecule has 5 heterocycles. The van der Waals surface area contributed by atoms with Crippen LogP contribution in [0.25, 0.3) is 33.6 Å². The van der Waals surface area contributed by atoms with E-state index in [0.29, 0.717) is 48.9 Å². The third-order valence-electron chi connectivity index (χ3n) is 8.65. The molecular weight excluding hydrogens is 542 g/mol. The largest absolute Gasteiger partial charge is 0.494 e. The second-order valence-electron chi connectivity index (χ2n) is 11.7. The Hall–Kier alpha value is -3.48. The topological polar surface area (TPSA) is 129 Å². The van der Waals surface area contributed by atoms with Gasteiger partial charge in [-0.25, -0.2) is 18.4 Å². The van der Waals surface area contributed by atoms with Gasteiger partial charge in [-0.15, -0.1) is 0 Å². The number of aromatic nitrogens is 4. The van der Waals surface area contributed by atoms with Crippen LogP contribution in [0.2, 0.25) is 0 Å². The van der Waals surface area contributed by atoms with Gasteiger partial charge in [0.1, 0.15) is 16.9 Å². The summed E-state index contributed by atoms with van der Waals surface area (Å²) in [6.45, 7) is 2.72. The number of methoxy groups -OCH3 is 1. The lowest BCUT2D eigenvalue weighted by atomic mass is 10.0. The number of pyridine rings is 1.